The third-order valence-electron chi connectivity index (χ3n) is 12.5. The van der Waals surface area contributed by atoms with Crippen molar-refractivity contribution in [3.05, 3.63) is 70.7 Å². The fraction of sp³-hybridized carbons (Fsp3) is 0.525. The molecule has 8 rings (SSSR count). The van der Waals surface area contributed by atoms with Gasteiger partial charge in [-0.2, -0.15) is 0 Å². The average molecular weight is 787 g/mol. The van der Waals surface area contributed by atoms with Gasteiger partial charge in [0.15, 0.2) is 0 Å². The quantitative estimate of drug-likeness (QED) is 0.111. The minimum absolute atomic E-state index is 0.00867. The summed E-state index contributed by atoms with van der Waals surface area (Å²) in [4.78, 5) is 41.2. The molecule has 4 aliphatic rings. The molecule has 2 saturated carbocycles. The maximum atomic E-state index is 13.8. The molecule has 4 aromatic rings. The van der Waals surface area contributed by atoms with Crippen LogP contribution in [0, 0.1) is 27.4 Å². The Morgan fingerprint density at radius 3 is 2.59 bits per heavy atom. The van der Waals surface area contributed by atoms with Crippen molar-refractivity contribution in [2.45, 2.75) is 82.2 Å². The van der Waals surface area contributed by atoms with Crippen LogP contribution in [0.5, 0.6) is 11.5 Å². The smallest absolute Gasteiger partial charge is 0.312 e. The van der Waals surface area contributed by atoms with Crippen LogP contribution in [0.1, 0.15) is 75.6 Å². The van der Waals surface area contributed by atoms with Gasteiger partial charge in [-0.15, -0.1) is 0 Å². The Bertz CT molecular complexity index is 2190. The van der Waals surface area contributed by atoms with Crippen LogP contribution in [0.3, 0.4) is 0 Å². The number of nitrogens with one attached hydrogen (secondary N) is 3. The van der Waals surface area contributed by atoms with E-state index in [-0.39, 0.29) is 17.1 Å². The van der Waals surface area contributed by atoms with E-state index < -0.39 is 31.4 Å². The van der Waals surface area contributed by atoms with E-state index in [2.05, 4.69) is 48.6 Å². The highest BCUT2D eigenvalue weighted by molar-refractivity contribution is 7.90. The fourth-order valence-electron chi connectivity index (χ4n) is 9.05. The third kappa shape index (κ3) is 8.04. The van der Waals surface area contributed by atoms with Crippen molar-refractivity contribution < 1.29 is 27.6 Å². The molecular formula is C40H50N8O7S. The van der Waals surface area contributed by atoms with Gasteiger partial charge in [0.05, 0.1) is 36.1 Å². The molecule has 15 nitrogen and oxygen atoms in total. The molecule has 5 heterocycles. The number of benzene rings is 1. The highest BCUT2D eigenvalue weighted by Crippen LogP contribution is 2.52. The van der Waals surface area contributed by atoms with Crippen LogP contribution >= 0.6 is 0 Å². The molecule has 4 fully saturated rings. The molecule has 1 atom stereocenters. The van der Waals surface area contributed by atoms with Crippen LogP contribution in [-0.2, 0) is 14.8 Å². The van der Waals surface area contributed by atoms with Crippen LogP contribution in [0.15, 0.2) is 59.9 Å². The summed E-state index contributed by atoms with van der Waals surface area (Å²) >= 11 is 0. The van der Waals surface area contributed by atoms with Crippen molar-refractivity contribution in [1.82, 2.24) is 24.6 Å². The SMILES string of the molecule is CC1COCCN1C1CC2(CCN(c3ccc(C(=O)NS(=O)(=O)c4cnc(NC[C@H]5CC[C@@H](C)CC5)c([N+](=O)[O-])c4)c(Oc4cnc5[nH]ccc5c4)c3)CC2)C1. The third-order valence-corrected chi connectivity index (χ3v) is 13.8. The van der Waals surface area contributed by atoms with E-state index in [1.165, 1.54) is 19.0 Å². The lowest BCUT2D eigenvalue weighted by molar-refractivity contribution is -0.384. The van der Waals surface area contributed by atoms with Crippen molar-refractivity contribution in [1.29, 1.82) is 0 Å². The number of carbonyl (C=O) groups excluding carboxylic acids is 1. The molecule has 0 bridgehead atoms. The Balaban J connectivity index is 0.989. The van der Waals surface area contributed by atoms with Gasteiger partial charge in [0, 0.05) is 67.7 Å². The summed E-state index contributed by atoms with van der Waals surface area (Å²) in [5.41, 5.74) is 1.35. The first-order chi connectivity index (χ1) is 26.9. The van der Waals surface area contributed by atoms with Gasteiger partial charge >= 0.3 is 5.69 Å². The van der Waals surface area contributed by atoms with E-state index in [0.717, 1.165) is 94.7 Å². The number of sulfonamides is 1. The van der Waals surface area contributed by atoms with Crippen LogP contribution in [0.25, 0.3) is 11.0 Å². The molecule has 0 radical (unpaired) electrons. The molecule has 1 amide bonds. The standard InChI is InChI=1S/C40H50N8O7S/c1-26-3-5-28(6-4-26)22-42-38-35(48(50)51)19-33(24-44-38)56(52,53)45-39(49)34-8-7-30(18-36(34)55-32-17-29-9-12-41-37(29)43-23-32)46-13-10-40(11-14-46)20-31(21-40)47-15-16-54-25-27(47)2/h7-9,12,17-19,23-24,26-28,31H,3-6,10-11,13-16,20-22,25H2,1-2H3,(H,41,43)(H,42,44)(H,45,49)/t26-,27?,28+. The first kappa shape index (κ1) is 38.1. The van der Waals surface area contributed by atoms with Gasteiger partial charge in [0.25, 0.3) is 15.9 Å². The number of fused-ring (bicyclic) bond motifs is 1. The Kier molecular flexibility index (Phi) is 10.6. The van der Waals surface area contributed by atoms with Crippen molar-refractivity contribution >= 4 is 44.2 Å². The molecule has 1 unspecified atom stereocenters. The number of aromatic amines is 1. The predicted octanol–water partition coefficient (Wildman–Crippen LogP) is 6.49. The number of rotatable bonds is 11. The number of H-pyrrole nitrogens is 1. The minimum atomic E-state index is -4.58. The van der Waals surface area contributed by atoms with E-state index in [1.54, 1.807) is 30.5 Å². The maximum Gasteiger partial charge on any atom is 0.312 e. The zero-order chi connectivity index (χ0) is 39.0. The highest BCUT2D eigenvalue weighted by Gasteiger charge is 2.49. The number of ether oxygens (including phenoxy) is 2. The van der Waals surface area contributed by atoms with E-state index in [1.807, 2.05) is 6.07 Å². The number of piperidine rings is 1. The maximum absolute atomic E-state index is 13.8. The number of morpholine rings is 1. The number of amides is 1. The lowest BCUT2D eigenvalue weighted by Crippen LogP contribution is -2.59. The van der Waals surface area contributed by atoms with E-state index in [9.17, 15) is 23.3 Å². The number of nitrogens with zero attached hydrogens (tertiary/aromatic N) is 5. The molecular weight excluding hydrogens is 737 g/mol. The molecule has 2 aliphatic heterocycles. The van der Waals surface area contributed by atoms with Crippen molar-refractivity contribution in [3.63, 3.8) is 0 Å². The van der Waals surface area contributed by atoms with E-state index in [4.69, 9.17) is 9.47 Å². The number of aromatic nitrogens is 3. The molecule has 56 heavy (non-hydrogen) atoms. The summed E-state index contributed by atoms with van der Waals surface area (Å²) in [5.74, 6) is 0.577. The van der Waals surface area contributed by atoms with Gasteiger partial charge < -0.3 is 24.7 Å². The zero-order valence-corrected chi connectivity index (χ0v) is 32.7. The molecule has 3 N–H and O–H groups in total. The number of hydrogen-bond acceptors (Lipinski definition) is 12. The van der Waals surface area contributed by atoms with Gasteiger partial charge in [-0.25, -0.2) is 23.1 Å². The van der Waals surface area contributed by atoms with Crippen LogP contribution in [0.4, 0.5) is 17.2 Å². The topological polar surface area (TPSA) is 185 Å². The number of pyridine rings is 2. The molecule has 1 spiro atoms. The second-order valence-corrected chi connectivity index (χ2v) is 18.0. The van der Waals surface area contributed by atoms with Crippen molar-refractivity contribution in [3.8, 4) is 11.5 Å². The van der Waals surface area contributed by atoms with E-state index >= 15 is 0 Å². The van der Waals surface area contributed by atoms with Gasteiger partial charge in [-0.1, -0.05) is 19.8 Å². The lowest BCUT2D eigenvalue weighted by Gasteiger charge is -2.57. The Morgan fingerprint density at radius 1 is 1.05 bits per heavy atom. The summed E-state index contributed by atoms with van der Waals surface area (Å²) < 4.78 is 41.2. The molecule has 1 aromatic carbocycles. The average Bonchev–Trinajstić information content (AvgIpc) is 3.65. The molecule has 298 valence electrons. The first-order valence-electron chi connectivity index (χ1n) is 19.7. The Labute approximate surface area is 326 Å². The normalized spacial score (nSPS) is 23.1. The summed E-state index contributed by atoms with van der Waals surface area (Å²) in [6.45, 7) is 9.24. The predicted molar refractivity (Wildman–Crippen MR) is 212 cm³/mol. The second-order valence-electron chi connectivity index (χ2n) is 16.3. The van der Waals surface area contributed by atoms with Gasteiger partial charge in [-0.3, -0.25) is 19.8 Å². The largest absolute Gasteiger partial charge is 0.455 e. The first-order valence-corrected chi connectivity index (χ1v) is 21.2. The number of carbonyl (C=O) groups is 1. The van der Waals surface area contributed by atoms with Gasteiger partial charge in [0.2, 0.25) is 5.82 Å². The molecule has 16 heteroatoms. The minimum Gasteiger partial charge on any atom is -0.455 e. The summed E-state index contributed by atoms with van der Waals surface area (Å²) in [6.07, 6.45) is 13.1. The van der Waals surface area contributed by atoms with Gasteiger partial charge in [-0.05, 0) is 87.0 Å². The van der Waals surface area contributed by atoms with E-state index in [0.29, 0.717) is 47.3 Å². The molecule has 2 aliphatic carbocycles. The summed E-state index contributed by atoms with van der Waals surface area (Å²) in [5, 5.41) is 15.9. The van der Waals surface area contributed by atoms with Crippen molar-refractivity contribution in [2.75, 3.05) is 49.6 Å². The van der Waals surface area contributed by atoms with Crippen LogP contribution in [-0.4, -0.2) is 90.6 Å². The Hall–Kier alpha value is -4.80. The number of hydrogen-bond donors (Lipinski definition) is 3. The molecule has 3 aromatic heterocycles. The number of nitro groups is 1. The zero-order valence-electron chi connectivity index (χ0n) is 31.9. The monoisotopic (exact) mass is 786 g/mol. The summed E-state index contributed by atoms with van der Waals surface area (Å²) in [7, 11) is -4.58. The second kappa shape index (κ2) is 15.6. The van der Waals surface area contributed by atoms with Crippen LogP contribution in [0.2, 0.25) is 0 Å². The van der Waals surface area contributed by atoms with Gasteiger partial charge in [0.1, 0.15) is 22.0 Å². The molecule has 2 saturated heterocycles. The summed E-state index contributed by atoms with van der Waals surface area (Å²) in [6, 6.07) is 10.7. The lowest BCUT2D eigenvalue weighted by atomic mass is 9.59. The fourth-order valence-corrected chi connectivity index (χ4v) is 9.98. The van der Waals surface area contributed by atoms with Crippen LogP contribution < -0.4 is 19.7 Å². The Morgan fingerprint density at radius 2 is 1.84 bits per heavy atom. The van der Waals surface area contributed by atoms with Crippen molar-refractivity contribution in [2.24, 2.45) is 17.3 Å². The highest BCUT2D eigenvalue weighted by atomic mass is 32.2. The number of anilines is 2.